The van der Waals surface area contributed by atoms with Gasteiger partial charge < -0.3 is 15.3 Å². The fraction of sp³-hybridized carbons (Fsp3) is 0.857. The lowest BCUT2D eigenvalue weighted by Gasteiger charge is -2.24. The topological polar surface area (TPSA) is 69.6 Å². The average molecular weight is 270 g/mol. The van der Waals surface area contributed by atoms with Crippen LogP contribution < -0.4 is 5.32 Å². The van der Waals surface area contributed by atoms with Crippen molar-refractivity contribution >= 4 is 12.0 Å². The second-order valence-corrected chi connectivity index (χ2v) is 5.75. The summed E-state index contributed by atoms with van der Waals surface area (Å²) in [6, 6.07) is -0.143. The summed E-state index contributed by atoms with van der Waals surface area (Å²) in [6.07, 6.45) is 3.60. The van der Waals surface area contributed by atoms with E-state index < -0.39 is 11.9 Å². The van der Waals surface area contributed by atoms with Gasteiger partial charge in [0.25, 0.3) is 0 Å². The lowest BCUT2D eigenvalue weighted by Crippen LogP contribution is -2.44. The van der Waals surface area contributed by atoms with Crippen LogP contribution in [-0.2, 0) is 4.79 Å². The number of carboxylic acid groups (broad SMARTS) is 1. The smallest absolute Gasteiger partial charge is 0.317 e. The van der Waals surface area contributed by atoms with Gasteiger partial charge in [-0.05, 0) is 31.6 Å². The van der Waals surface area contributed by atoms with E-state index >= 15 is 0 Å². The van der Waals surface area contributed by atoms with E-state index in [0.29, 0.717) is 19.0 Å². The Balaban J connectivity index is 2.35. The van der Waals surface area contributed by atoms with Crippen LogP contribution in [0.2, 0.25) is 0 Å². The minimum Gasteiger partial charge on any atom is -0.481 e. The molecule has 0 heterocycles. The van der Waals surface area contributed by atoms with Gasteiger partial charge in [-0.15, -0.1) is 0 Å². The Labute approximate surface area is 115 Å². The van der Waals surface area contributed by atoms with E-state index in [-0.39, 0.29) is 12.6 Å². The molecule has 1 aliphatic carbocycles. The minimum absolute atomic E-state index is 0.143. The molecule has 3 unspecified atom stereocenters. The third-order valence-electron chi connectivity index (χ3n) is 3.93. The first-order chi connectivity index (χ1) is 8.93. The number of rotatable bonds is 6. The molecule has 0 aromatic rings. The SMILES string of the molecule is CCN(CC(C)C(=O)O)C(=O)NCC1CCC(C)C1. The number of amides is 2. The van der Waals surface area contributed by atoms with E-state index in [1.807, 2.05) is 6.92 Å². The normalized spacial score (nSPS) is 23.9. The summed E-state index contributed by atoms with van der Waals surface area (Å²) in [4.78, 5) is 24.4. The number of aliphatic carboxylic acids is 1. The third-order valence-corrected chi connectivity index (χ3v) is 3.93. The lowest BCUT2D eigenvalue weighted by atomic mass is 10.1. The van der Waals surface area contributed by atoms with E-state index in [4.69, 9.17) is 5.11 Å². The summed E-state index contributed by atoms with van der Waals surface area (Å²) >= 11 is 0. The average Bonchev–Trinajstić information content (AvgIpc) is 2.78. The van der Waals surface area contributed by atoms with Crippen LogP contribution in [0.1, 0.15) is 40.0 Å². The molecule has 0 aromatic carbocycles. The van der Waals surface area contributed by atoms with Crippen LogP contribution in [0.4, 0.5) is 4.79 Å². The molecule has 110 valence electrons. The van der Waals surface area contributed by atoms with Crippen molar-refractivity contribution in [3.05, 3.63) is 0 Å². The van der Waals surface area contributed by atoms with Crippen LogP contribution in [0.15, 0.2) is 0 Å². The maximum Gasteiger partial charge on any atom is 0.317 e. The molecule has 0 spiro atoms. The van der Waals surface area contributed by atoms with Crippen molar-refractivity contribution in [3.63, 3.8) is 0 Å². The summed E-state index contributed by atoms with van der Waals surface area (Å²) in [5.74, 6) is -0.0566. The summed E-state index contributed by atoms with van der Waals surface area (Å²) in [5.41, 5.74) is 0. The van der Waals surface area contributed by atoms with E-state index in [9.17, 15) is 9.59 Å². The molecule has 5 nitrogen and oxygen atoms in total. The molecule has 0 saturated heterocycles. The highest BCUT2D eigenvalue weighted by Crippen LogP contribution is 2.29. The Bertz CT molecular complexity index is 320. The number of carbonyl (C=O) groups is 2. The molecule has 0 radical (unpaired) electrons. The summed E-state index contributed by atoms with van der Waals surface area (Å²) in [7, 11) is 0. The van der Waals surface area contributed by atoms with Gasteiger partial charge in [-0.25, -0.2) is 4.79 Å². The third kappa shape index (κ3) is 5.09. The number of nitrogens with zero attached hydrogens (tertiary/aromatic N) is 1. The second-order valence-electron chi connectivity index (χ2n) is 5.75. The summed E-state index contributed by atoms with van der Waals surface area (Å²) < 4.78 is 0. The molecule has 1 saturated carbocycles. The lowest BCUT2D eigenvalue weighted by molar-refractivity contribution is -0.141. The maximum atomic E-state index is 12.0. The summed E-state index contributed by atoms with van der Waals surface area (Å²) in [6.45, 7) is 7.24. The Kier molecular flexibility index (Phi) is 6.12. The van der Waals surface area contributed by atoms with Gasteiger partial charge in [-0.3, -0.25) is 4.79 Å². The fourth-order valence-corrected chi connectivity index (χ4v) is 2.62. The van der Waals surface area contributed by atoms with Crippen LogP contribution in [0.3, 0.4) is 0 Å². The van der Waals surface area contributed by atoms with Gasteiger partial charge >= 0.3 is 12.0 Å². The first-order valence-electron chi connectivity index (χ1n) is 7.19. The first kappa shape index (κ1) is 15.8. The monoisotopic (exact) mass is 270 g/mol. The quantitative estimate of drug-likeness (QED) is 0.777. The van der Waals surface area contributed by atoms with Crippen molar-refractivity contribution in [1.29, 1.82) is 0 Å². The van der Waals surface area contributed by atoms with Crippen molar-refractivity contribution in [2.45, 2.75) is 40.0 Å². The Hall–Kier alpha value is -1.26. The van der Waals surface area contributed by atoms with Gasteiger partial charge in [0, 0.05) is 19.6 Å². The molecule has 3 atom stereocenters. The predicted octanol–water partition coefficient (Wildman–Crippen LogP) is 2.17. The number of hydrogen-bond acceptors (Lipinski definition) is 2. The van der Waals surface area contributed by atoms with Crippen LogP contribution in [0, 0.1) is 17.8 Å². The Morgan fingerprint density at radius 3 is 2.58 bits per heavy atom. The van der Waals surface area contributed by atoms with E-state index in [1.54, 1.807) is 11.8 Å². The van der Waals surface area contributed by atoms with Crippen LogP contribution in [0.25, 0.3) is 0 Å². The molecule has 0 aliphatic heterocycles. The molecule has 1 aliphatic rings. The predicted molar refractivity (Wildman–Crippen MR) is 74.0 cm³/mol. The van der Waals surface area contributed by atoms with Crippen LogP contribution in [0.5, 0.6) is 0 Å². The van der Waals surface area contributed by atoms with Crippen molar-refractivity contribution in [2.75, 3.05) is 19.6 Å². The van der Waals surface area contributed by atoms with Gasteiger partial charge in [-0.1, -0.05) is 20.3 Å². The zero-order valence-corrected chi connectivity index (χ0v) is 12.2. The Morgan fingerprint density at radius 2 is 2.11 bits per heavy atom. The fourth-order valence-electron chi connectivity index (χ4n) is 2.62. The van der Waals surface area contributed by atoms with E-state index in [1.165, 1.54) is 19.3 Å². The molecule has 5 heteroatoms. The van der Waals surface area contributed by atoms with Gasteiger partial charge in [0.15, 0.2) is 0 Å². The molecule has 0 aromatic heterocycles. The van der Waals surface area contributed by atoms with Gasteiger partial charge in [0.1, 0.15) is 0 Å². The van der Waals surface area contributed by atoms with Gasteiger partial charge in [-0.2, -0.15) is 0 Å². The first-order valence-corrected chi connectivity index (χ1v) is 7.19. The number of nitrogens with one attached hydrogen (secondary N) is 1. The van der Waals surface area contributed by atoms with Gasteiger partial charge in [0.05, 0.1) is 5.92 Å². The van der Waals surface area contributed by atoms with Gasteiger partial charge in [0.2, 0.25) is 0 Å². The largest absolute Gasteiger partial charge is 0.481 e. The molecular weight excluding hydrogens is 244 g/mol. The zero-order chi connectivity index (χ0) is 14.4. The Morgan fingerprint density at radius 1 is 1.42 bits per heavy atom. The zero-order valence-electron chi connectivity index (χ0n) is 12.2. The standard InChI is InChI=1S/C14H26N2O3/c1-4-16(9-11(3)13(17)18)14(19)15-8-12-6-5-10(2)7-12/h10-12H,4-9H2,1-3H3,(H,15,19)(H,17,18). The highest BCUT2D eigenvalue weighted by atomic mass is 16.4. The summed E-state index contributed by atoms with van der Waals surface area (Å²) in [5, 5.41) is 11.8. The van der Waals surface area contributed by atoms with Crippen LogP contribution >= 0.6 is 0 Å². The molecule has 1 fully saturated rings. The van der Waals surface area contributed by atoms with Crippen molar-refractivity contribution in [1.82, 2.24) is 10.2 Å². The number of carboxylic acids is 1. The number of urea groups is 1. The molecule has 0 bridgehead atoms. The molecule has 19 heavy (non-hydrogen) atoms. The number of carbonyl (C=O) groups excluding carboxylic acids is 1. The van der Waals surface area contributed by atoms with E-state index in [2.05, 4.69) is 12.2 Å². The molecule has 1 rings (SSSR count). The van der Waals surface area contributed by atoms with Crippen molar-refractivity contribution in [2.24, 2.45) is 17.8 Å². The highest BCUT2D eigenvalue weighted by molar-refractivity contribution is 5.75. The maximum absolute atomic E-state index is 12.0. The number of hydrogen-bond donors (Lipinski definition) is 2. The molecule has 2 amide bonds. The highest BCUT2D eigenvalue weighted by Gasteiger charge is 2.23. The van der Waals surface area contributed by atoms with E-state index in [0.717, 1.165) is 5.92 Å². The molecular formula is C14H26N2O3. The molecule has 2 N–H and O–H groups in total. The second kappa shape index (κ2) is 7.36. The van der Waals surface area contributed by atoms with Crippen LogP contribution in [-0.4, -0.2) is 41.6 Å². The van der Waals surface area contributed by atoms with Crippen molar-refractivity contribution < 1.29 is 14.7 Å². The minimum atomic E-state index is -0.865. The van der Waals surface area contributed by atoms with Crippen molar-refractivity contribution in [3.8, 4) is 0 Å².